The molecule has 0 aliphatic heterocycles. The molecule has 0 bridgehead atoms. The quantitative estimate of drug-likeness (QED) is 0.754. The van der Waals surface area contributed by atoms with Crippen molar-refractivity contribution in [2.24, 2.45) is 0 Å². The molecule has 5 nitrogen and oxygen atoms in total. The Hall–Kier alpha value is -1.26. The minimum Gasteiger partial charge on any atom is -0.481 e. The number of hydrogen-bond donors (Lipinski definition) is 2. The average molecular weight is 245 g/mol. The van der Waals surface area contributed by atoms with Crippen LogP contribution in [0.2, 0.25) is 0 Å². The van der Waals surface area contributed by atoms with Crippen molar-refractivity contribution in [1.82, 2.24) is 5.32 Å². The van der Waals surface area contributed by atoms with Crippen molar-refractivity contribution >= 4 is 12.1 Å². The monoisotopic (exact) mass is 245 g/mol. The molecule has 0 radical (unpaired) electrons. The number of hydrogen-bond acceptors (Lipinski definition) is 3. The molecule has 0 fully saturated rings. The molecule has 0 aliphatic carbocycles. The normalized spacial score (nSPS) is 12.9. The van der Waals surface area contributed by atoms with Gasteiger partial charge in [0.25, 0.3) is 0 Å². The van der Waals surface area contributed by atoms with Crippen LogP contribution in [0.15, 0.2) is 0 Å². The first-order chi connectivity index (χ1) is 7.74. The molecule has 17 heavy (non-hydrogen) atoms. The number of rotatable bonds is 6. The van der Waals surface area contributed by atoms with Crippen LogP contribution >= 0.6 is 0 Å². The van der Waals surface area contributed by atoms with Crippen LogP contribution in [0.4, 0.5) is 4.79 Å². The molecule has 100 valence electrons. The maximum Gasteiger partial charge on any atom is 0.407 e. The van der Waals surface area contributed by atoms with Gasteiger partial charge in [-0.3, -0.25) is 4.79 Å². The smallest absolute Gasteiger partial charge is 0.407 e. The maximum absolute atomic E-state index is 11.5. The fourth-order valence-corrected chi connectivity index (χ4v) is 1.36. The summed E-state index contributed by atoms with van der Waals surface area (Å²) in [4.78, 5) is 22.1. The Bertz CT molecular complexity index is 258. The standard InChI is InChI=1S/C12H23NO4/c1-5-6-7-9(8-10(14)15)13-11(16)17-12(2,3)4/h9H,5-8H2,1-4H3,(H,13,16)(H,14,15)/t9-/m1/s1. The number of carbonyl (C=O) groups is 2. The third-order valence-electron chi connectivity index (χ3n) is 2.05. The zero-order valence-corrected chi connectivity index (χ0v) is 11.1. The van der Waals surface area contributed by atoms with Gasteiger partial charge in [0.05, 0.1) is 6.42 Å². The van der Waals surface area contributed by atoms with Crippen LogP contribution in [0, 0.1) is 0 Å². The number of carboxylic acid groups (broad SMARTS) is 1. The Morgan fingerprint density at radius 3 is 2.35 bits per heavy atom. The highest BCUT2D eigenvalue weighted by Gasteiger charge is 2.20. The first kappa shape index (κ1) is 15.7. The molecule has 1 atom stereocenters. The number of carboxylic acids is 1. The summed E-state index contributed by atoms with van der Waals surface area (Å²) in [6, 6.07) is -0.359. The second kappa shape index (κ2) is 7.14. The number of amides is 1. The molecule has 0 saturated heterocycles. The van der Waals surface area contributed by atoms with E-state index in [1.165, 1.54) is 0 Å². The third-order valence-corrected chi connectivity index (χ3v) is 2.05. The van der Waals surface area contributed by atoms with Gasteiger partial charge in [-0.1, -0.05) is 19.8 Å². The van der Waals surface area contributed by atoms with Gasteiger partial charge in [0.1, 0.15) is 5.60 Å². The van der Waals surface area contributed by atoms with Crippen LogP contribution in [-0.2, 0) is 9.53 Å². The molecule has 0 aromatic heterocycles. The van der Waals surface area contributed by atoms with Crippen LogP contribution < -0.4 is 5.32 Å². The summed E-state index contributed by atoms with van der Waals surface area (Å²) in [6.45, 7) is 7.33. The van der Waals surface area contributed by atoms with Gasteiger partial charge >= 0.3 is 12.1 Å². The number of carbonyl (C=O) groups excluding carboxylic acids is 1. The summed E-state index contributed by atoms with van der Waals surface area (Å²) in [7, 11) is 0. The van der Waals surface area contributed by atoms with E-state index in [1.54, 1.807) is 20.8 Å². The molecule has 0 heterocycles. The summed E-state index contributed by atoms with van der Waals surface area (Å²) < 4.78 is 5.09. The molecule has 0 saturated carbocycles. The number of ether oxygens (including phenoxy) is 1. The lowest BCUT2D eigenvalue weighted by Gasteiger charge is -2.22. The van der Waals surface area contributed by atoms with Crippen LogP contribution in [0.5, 0.6) is 0 Å². The van der Waals surface area contributed by atoms with Crippen molar-refractivity contribution in [3.05, 3.63) is 0 Å². The van der Waals surface area contributed by atoms with Crippen LogP contribution in [0.25, 0.3) is 0 Å². The largest absolute Gasteiger partial charge is 0.481 e. The topological polar surface area (TPSA) is 75.6 Å². The molecule has 0 aromatic carbocycles. The van der Waals surface area contributed by atoms with Crippen molar-refractivity contribution in [2.45, 2.75) is 65.0 Å². The van der Waals surface area contributed by atoms with E-state index in [2.05, 4.69) is 5.32 Å². The number of aliphatic carboxylic acids is 1. The van der Waals surface area contributed by atoms with Crippen molar-refractivity contribution in [1.29, 1.82) is 0 Å². The van der Waals surface area contributed by atoms with Gasteiger partial charge in [-0.25, -0.2) is 4.79 Å². The highest BCUT2D eigenvalue weighted by atomic mass is 16.6. The molecule has 1 amide bonds. The van der Waals surface area contributed by atoms with Crippen LogP contribution in [-0.4, -0.2) is 28.8 Å². The number of nitrogens with one attached hydrogen (secondary N) is 1. The summed E-state index contributed by atoms with van der Waals surface area (Å²) in [5.74, 6) is -0.915. The zero-order chi connectivity index (χ0) is 13.5. The second-order valence-corrected chi connectivity index (χ2v) is 5.08. The fourth-order valence-electron chi connectivity index (χ4n) is 1.36. The average Bonchev–Trinajstić information content (AvgIpc) is 2.09. The van der Waals surface area contributed by atoms with Gasteiger partial charge in [-0.05, 0) is 27.2 Å². The van der Waals surface area contributed by atoms with Gasteiger partial charge < -0.3 is 15.2 Å². The van der Waals surface area contributed by atoms with Crippen molar-refractivity contribution in [3.8, 4) is 0 Å². The first-order valence-corrected chi connectivity index (χ1v) is 5.96. The van der Waals surface area contributed by atoms with Gasteiger partial charge in [0.15, 0.2) is 0 Å². The minimum atomic E-state index is -0.915. The summed E-state index contributed by atoms with van der Waals surface area (Å²) in [5.41, 5.74) is -0.567. The van der Waals surface area contributed by atoms with E-state index in [-0.39, 0.29) is 12.5 Å². The van der Waals surface area contributed by atoms with Crippen molar-refractivity contribution in [3.63, 3.8) is 0 Å². The van der Waals surface area contributed by atoms with E-state index in [9.17, 15) is 9.59 Å². The Balaban J connectivity index is 4.21. The lowest BCUT2D eigenvalue weighted by molar-refractivity contribution is -0.137. The Labute approximate surface area is 103 Å². The summed E-state index contributed by atoms with van der Waals surface area (Å²) in [5, 5.41) is 11.3. The van der Waals surface area contributed by atoms with E-state index in [0.29, 0.717) is 6.42 Å². The predicted octanol–water partition coefficient (Wildman–Crippen LogP) is 2.54. The second-order valence-electron chi connectivity index (χ2n) is 5.08. The lowest BCUT2D eigenvalue weighted by atomic mass is 10.1. The SMILES string of the molecule is CCCC[C@H](CC(=O)O)NC(=O)OC(C)(C)C. The summed E-state index contributed by atoms with van der Waals surface area (Å²) >= 11 is 0. The molecule has 0 aliphatic rings. The highest BCUT2D eigenvalue weighted by Crippen LogP contribution is 2.09. The van der Waals surface area contributed by atoms with Gasteiger partial charge in [-0.2, -0.15) is 0 Å². The minimum absolute atomic E-state index is 0.0702. The molecule has 0 aromatic rings. The maximum atomic E-state index is 11.5. The van der Waals surface area contributed by atoms with Crippen LogP contribution in [0.3, 0.4) is 0 Å². The van der Waals surface area contributed by atoms with Crippen LogP contribution in [0.1, 0.15) is 53.4 Å². The van der Waals surface area contributed by atoms with E-state index < -0.39 is 17.7 Å². The predicted molar refractivity (Wildman–Crippen MR) is 64.9 cm³/mol. The molecule has 0 unspecified atom stereocenters. The van der Waals surface area contributed by atoms with E-state index >= 15 is 0 Å². The number of unbranched alkanes of at least 4 members (excludes halogenated alkanes) is 1. The van der Waals surface area contributed by atoms with Crippen molar-refractivity contribution in [2.75, 3.05) is 0 Å². The molecular formula is C12H23NO4. The molecular weight excluding hydrogens is 222 g/mol. The third kappa shape index (κ3) is 9.66. The lowest BCUT2D eigenvalue weighted by Crippen LogP contribution is -2.40. The Morgan fingerprint density at radius 1 is 1.35 bits per heavy atom. The van der Waals surface area contributed by atoms with Gasteiger partial charge in [0, 0.05) is 6.04 Å². The van der Waals surface area contributed by atoms with Crippen molar-refractivity contribution < 1.29 is 19.4 Å². The Kier molecular flexibility index (Phi) is 6.61. The fraction of sp³-hybridized carbons (Fsp3) is 0.833. The molecule has 2 N–H and O–H groups in total. The first-order valence-electron chi connectivity index (χ1n) is 5.96. The van der Waals surface area contributed by atoms with Gasteiger partial charge in [-0.15, -0.1) is 0 Å². The van der Waals surface area contributed by atoms with E-state index in [0.717, 1.165) is 12.8 Å². The van der Waals surface area contributed by atoms with E-state index in [4.69, 9.17) is 9.84 Å². The molecule has 5 heteroatoms. The Morgan fingerprint density at radius 2 is 1.94 bits per heavy atom. The van der Waals surface area contributed by atoms with E-state index in [1.807, 2.05) is 6.92 Å². The van der Waals surface area contributed by atoms with Gasteiger partial charge in [0.2, 0.25) is 0 Å². The molecule has 0 rings (SSSR count). The zero-order valence-electron chi connectivity index (χ0n) is 11.1. The molecule has 0 spiro atoms. The highest BCUT2D eigenvalue weighted by molar-refractivity contribution is 5.71. The number of alkyl carbamates (subject to hydrolysis) is 1. The summed E-state index contributed by atoms with van der Waals surface area (Å²) in [6.07, 6.45) is 1.88.